The van der Waals surface area contributed by atoms with Crippen LogP contribution in [0.5, 0.6) is 0 Å². The van der Waals surface area contributed by atoms with Crippen LogP contribution in [0, 0.1) is 11.3 Å². The summed E-state index contributed by atoms with van der Waals surface area (Å²) in [5.41, 5.74) is 1.59. The van der Waals surface area contributed by atoms with Crippen molar-refractivity contribution in [2.45, 2.75) is 104 Å². The van der Waals surface area contributed by atoms with Crippen LogP contribution in [0.1, 0.15) is 104 Å². The predicted octanol–water partition coefficient (Wildman–Crippen LogP) is 7.88. The minimum Gasteiger partial charge on any atom is -0.380 e. The van der Waals surface area contributed by atoms with Crippen LogP contribution in [-0.4, -0.2) is 26.4 Å². The van der Waals surface area contributed by atoms with Gasteiger partial charge in [0.05, 0.1) is 13.2 Å². The van der Waals surface area contributed by atoms with Crippen LogP contribution in [0.15, 0.2) is 30.3 Å². The van der Waals surface area contributed by atoms with Crippen molar-refractivity contribution < 1.29 is 14.2 Å². The van der Waals surface area contributed by atoms with E-state index in [0.717, 1.165) is 26.1 Å². The molecule has 0 aromatic heterocycles. The van der Waals surface area contributed by atoms with Gasteiger partial charge in [-0.05, 0) is 39.5 Å². The minimum absolute atomic E-state index is 0.371. The van der Waals surface area contributed by atoms with E-state index in [1.807, 2.05) is 0 Å². The van der Waals surface area contributed by atoms with Crippen molar-refractivity contribution in [3.05, 3.63) is 35.9 Å². The molecule has 1 aromatic carbocycles. The van der Waals surface area contributed by atoms with Gasteiger partial charge in [-0.2, -0.15) is 0 Å². The summed E-state index contributed by atoms with van der Waals surface area (Å²) in [6.07, 6.45) is 13.9. The number of benzene rings is 1. The lowest BCUT2D eigenvalue weighted by Gasteiger charge is -2.43. The maximum Gasteiger partial charge on any atom is 0.197 e. The molecule has 1 unspecified atom stereocenters. The highest BCUT2D eigenvalue weighted by molar-refractivity contribution is 5.21. The zero-order valence-corrected chi connectivity index (χ0v) is 20.8. The van der Waals surface area contributed by atoms with Gasteiger partial charge in [0, 0.05) is 30.1 Å². The van der Waals surface area contributed by atoms with Crippen LogP contribution >= 0.6 is 0 Å². The minimum atomic E-state index is -0.635. The second-order valence-electron chi connectivity index (χ2n) is 9.39. The lowest BCUT2D eigenvalue weighted by molar-refractivity contribution is -0.277. The average molecular weight is 433 g/mol. The molecule has 0 N–H and O–H groups in total. The molecule has 0 amide bonds. The SMILES string of the molecule is CCCCCCCCC(CCCC1(CC)COC1)C(OCC)(OCC)c1ccccc1. The van der Waals surface area contributed by atoms with Crippen LogP contribution in [0.2, 0.25) is 0 Å². The van der Waals surface area contributed by atoms with Gasteiger partial charge in [-0.25, -0.2) is 0 Å². The zero-order valence-electron chi connectivity index (χ0n) is 20.8. The Bertz CT molecular complexity index is 555. The van der Waals surface area contributed by atoms with Crippen molar-refractivity contribution in [3.8, 4) is 0 Å². The third kappa shape index (κ3) is 7.58. The number of hydrogen-bond donors (Lipinski definition) is 0. The van der Waals surface area contributed by atoms with Gasteiger partial charge in [0.25, 0.3) is 0 Å². The van der Waals surface area contributed by atoms with Crippen LogP contribution in [0.3, 0.4) is 0 Å². The van der Waals surface area contributed by atoms with Crippen molar-refractivity contribution in [2.24, 2.45) is 11.3 Å². The van der Waals surface area contributed by atoms with Gasteiger partial charge in [-0.3, -0.25) is 0 Å². The summed E-state index contributed by atoms with van der Waals surface area (Å²) in [6.45, 7) is 12.0. The van der Waals surface area contributed by atoms with Crippen LogP contribution in [-0.2, 0) is 20.0 Å². The first-order valence-corrected chi connectivity index (χ1v) is 13.1. The van der Waals surface area contributed by atoms with Gasteiger partial charge in [0.1, 0.15) is 0 Å². The van der Waals surface area contributed by atoms with Gasteiger partial charge in [-0.15, -0.1) is 0 Å². The Kier molecular flexibility index (Phi) is 12.1. The van der Waals surface area contributed by atoms with Crippen molar-refractivity contribution >= 4 is 0 Å². The molecule has 31 heavy (non-hydrogen) atoms. The fourth-order valence-electron chi connectivity index (χ4n) is 5.11. The third-order valence-corrected chi connectivity index (χ3v) is 7.16. The summed E-state index contributed by atoms with van der Waals surface area (Å²) in [5.74, 6) is -0.264. The molecule has 1 aliphatic rings. The Balaban J connectivity index is 2.14. The summed E-state index contributed by atoms with van der Waals surface area (Å²) in [7, 11) is 0. The maximum atomic E-state index is 6.52. The smallest absolute Gasteiger partial charge is 0.197 e. The van der Waals surface area contributed by atoms with E-state index < -0.39 is 5.79 Å². The molecule has 1 heterocycles. The molecule has 0 radical (unpaired) electrons. The highest BCUT2D eigenvalue weighted by Gasteiger charge is 2.43. The van der Waals surface area contributed by atoms with Gasteiger partial charge >= 0.3 is 0 Å². The molecule has 3 nitrogen and oxygen atoms in total. The molecule has 1 atom stereocenters. The quantitative estimate of drug-likeness (QED) is 0.174. The summed E-state index contributed by atoms with van der Waals surface area (Å²) >= 11 is 0. The fourth-order valence-corrected chi connectivity index (χ4v) is 5.11. The Morgan fingerprint density at radius 2 is 1.45 bits per heavy atom. The van der Waals surface area contributed by atoms with Crippen molar-refractivity contribution in [1.82, 2.24) is 0 Å². The molecule has 1 aliphatic heterocycles. The number of rotatable bonds is 18. The van der Waals surface area contributed by atoms with Crippen LogP contribution < -0.4 is 0 Å². The standard InChI is InChI=1S/C28H48O3/c1-5-9-10-11-12-14-18-26(21-17-22-27(6-2)23-29-24-27)28(30-7-3,31-8-4)25-19-15-13-16-20-25/h13,15-16,19-20,26H,5-12,14,17-18,21-24H2,1-4H3. The largest absolute Gasteiger partial charge is 0.380 e. The first kappa shape index (κ1) is 26.4. The molecule has 0 saturated carbocycles. The van der Waals surface area contributed by atoms with Crippen LogP contribution in [0.4, 0.5) is 0 Å². The van der Waals surface area contributed by atoms with Crippen molar-refractivity contribution in [1.29, 1.82) is 0 Å². The van der Waals surface area contributed by atoms with E-state index >= 15 is 0 Å². The van der Waals surface area contributed by atoms with Gasteiger partial charge < -0.3 is 14.2 Å². The van der Waals surface area contributed by atoms with Gasteiger partial charge in [0.15, 0.2) is 5.79 Å². The molecular formula is C28H48O3. The lowest BCUT2D eigenvalue weighted by atomic mass is 9.76. The molecule has 0 aliphatic carbocycles. The maximum absolute atomic E-state index is 6.52. The summed E-state index contributed by atoms with van der Waals surface area (Å²) in [5, 5.41) is 0. The normalized spacial score (nSPS) is 16.8. The van der Waals surface area contributed by atoms with E-state index in [9.17, 15) is 0 Å². The Labute approximate surface area is 192 Å². The number of hydrogen-bond acceptors (Lipinski definition) is 3. The van der Waals surface area contributed by atoms with Gasteiger partial charge in [-0.1, -0.05) is 89.1 Å². The molecular weight excluding hydrogens is 384 g/mol. The predicted molar refractivity (Wildman–Crippen MR) is 130 cm³/mol. The van der Waals surface area contributed by atoms with E-state index in [2.05, 4.69) is 58.0 Å². The molecule has 3 heteroatoms. The van der Waals surface area contributed by atoms with E-state index in [1.165, 1.54) is 63.4 Å². The fraction of sp³-hybridized carbons (Fsp3) is 0.786. The molecule has 1 fully saturated rings. The van der Waals surface area contributed by atoms with E-state index in [0.29, 0.717) is 24.5 Å². The van der Waals surface area contributed by atoms with Gasteiger partial charge in [0.2, 0.25) is 0 Å². The Morgan fingerprint density at radius 1 is 0.839 bits per heavy atom. The average Bonchev–Trinajstić information content (AvgIpc) is 2.77. The summed E-state index contributed by atoms with van der Waals surface area (Å²) in [6, 6.07) is 10.7. The van der Waals surface area contributed by atoms with Crippen molar-refractivity contribution in [3.63, 3.8) is 0 Å². The van der Waals surface area contributed by atoms with Crippen LogP contribution in [0.25, 0.3) is 0 Å². The molecule has 178 valence electrons. The molecule has 0 spiro atoms. The second-order valence-corrected chi connectivity index (χ2v) is 9.39. The van der Waals surface area contributed by atoms with E-state index in [-0.39, 0.29) is 0 Å². The first-order valence-electron chi connectivity index (χ1n) is 13.1. The summed E-state index contributed by atoms with van der Waals surface area (Å²) < 4.78 is 18.6. The van der Waals surface area contributed by atoms with E-state index in [4.69, 9.17) is 14.2 Å². The molecule has 2 rings (SSSR count). The molecule has 0 bridgehead atoms. The number of ether oxygens (including phenoxy) is 3. The zero-order chi connectivity index (χ0) is 22.4. The number of unbranched alkanes of at least 4 members (excludes halogenated alkanes) is 5. The highest BCUT2D eigenvalue weighted by atomic mass is 16.7. The first-order chi connectivity index (χ1) is 15.2. The Hall–Kier alpha value is -0.900. The topological polar surface area (TPSA) is 27.7 Å². The summed E-state index contributed by atoms with van der Waals surface area (Å²) in [4.78, 5) is 0. The molecule has 1 saturated heterocycles. The Morgan fingerprint density at radius 3 is 2.00 bits per heavy atom. The van der Waals surface area contributed by atoms with E-state index in [1.54, 1.807) is 0 Å². The highest BCUT2D eigenvalue weighted by Crippen LogP contribution is 2.43. The lowest BCUT2D eigenvalue weighted by Crippen LogP contribution is -2.43. The third-order valence-electron chi connectivity index (χ3n) is 7.16. The monoisotopic (exact) mass is 432 g/mol. The molecule has 1 aromatic rings. The van der Waals surface area contributed by atoms with Crippen molar-refractivity contribution in [2.75, 3.05) is 26.4 Å². The second kappa shape index (κ2) is 14.3.